The van der Waals surface area contributed by atoms with Crippen LogP contribution in [0.5, 0.6) is 5.75 Å². The lowest BCUT2D eigenvalue weighted by Gasteiger charge is -2.31. The summed E-state index contributed by atoms with van der Waals surface area (Å²) in [5, 5.41) is 13.9. The fourth-order valence-electron chi connectivity index (χ4n) is 2.85. The minimum Gasteiger partial charge on any atom is -0.493 e. The van der Waals surface area contributed by atoms with E-state index in [-0.39, 0.29) is 6.04 Å². The van der Waals surface area contributed by atoms with Gasteiger partial charge in [0, 0.05) is 24.6 Å². The van der Waals surface area contributed by atoms with E-state index in [9.17, 15) is 5.11 Å². The maximum Gasteiger partial charge on any atom is 0.124 e. The van der Waals surface area contributed by atoms with Gasteiger partial charge < -0.3 is 15.2 Å². The zero-order valence-corrected chi connectivity index (χ0v) is 12.1. The van der Waals surface area contributed by atoms with Gasteiger partial charge in [-0.3, -0.25) is 0 Å². The number of aliphatic hydroxyl groups is 1. The molecule has 3 heteroatoms. The highest BCUT2D eigenvalue weighted by atomic mass is 16.5. The van der Waals surface area contributed by atoms with Crippen LogP contribution in [0.15, 0.2) is 24.3 Å². The van der Waals surface area contributed by atoms with Crippen molar-refractivity contribution in [3.05, 3.63) is 29.8 Å². The molecule has 0 aromatic heterocycles. The average Bonchev–Trinajstić information content (AvgIpc) is 2.35. The van der Waals surface area contributed by atoms with E-state index in [4.69, 9.17) is 4.74 Å². The summed E-state index contributed by atoms with van der Waals surface area (Å²) in [6, 6.07) is 8.42. The Hall–Kier alpha value is -1.06. The Labute approximate surface area is 116 Å². The molecule has 1 heterocycles. The SMILES string of the molecule is CC(C)CC(C)(O)CNC1CCOc2ccccc21. The molecule has 0 fully saturated rings. The van der Waals surface area contributed by atoms with E-state index in [1.807, 2.05) is 25.1 Å². The molecule has 0 amide bonds. The molecule has 3 nitrogen and oxygen atoms in total. The summed E-state index contributed by atoms with van der Waals surface area (Å²) >= 11 is 0. The number of para-hydroxylation sites is 1. The molecule has 0 saturated carbocycles. The smallest absolute Gasteiger partial charge is 0.124 e. The maximum atomic E-state index is 10.4. The van der Waals surface area contributed by atoms with Gasteiger partial charge >= 0.3 is 0 Å². The largest absolute Gasteiger partial charge is 0.493 e. The number of hydrogen-bond acceptors (Lipinski definition) is 3. The average molecular weight is 263 g/mol. The topological polar surface area (TPSA) is 41.5 Å². The van der Waals surface area contributed by atoms with Crippen molar-refractivity contribution < 1.29 is 9.84 Å². The lowest BCUT2D eigenvalue weighted by atomic mass is 9.93. The molecule has 0 aliphatic carbocycles. The zero-order chi connectivity index (χ0) is 13.9. The summed E-state index contributed by atoms with van der Waals surface area (Å²) in [6.07, 6.45) is 1.76. The zero-order valence-electron chi connectivity index (χ0n) is 12.1. The van der Waals surface area contributed by atoms with Crippen molar-refractivity contribution in [2.24, 2.45) is 5.92 Å². The van der Waals surface area contributed by atoms with Crippen molar-refractivity contribution in [3.63, 3.8) is 0 Å². The van der Waals surface area contributed by atoms with Gasteiger partial charge in [-0.05, 0) is 25.3 Å². The standard InChI is InChI=1S/C16H25NO2/c1-12(2)10-16(3,18)11-17-14-8-9-19-15-7-5-4-6-13(14)15/h4-7,12,14,17-18H,8-11H2,1-3H3. The summed E-state index contributed by atoms with van der Waals surface area (Å²) in [5.74, 6) is 1.47. The summed E-state index contributed by atoms with van der Waals surface area (Å²) in [5.41, 5.74) is 0.551. The third-order valence-corrected chi connectivity index (χ3v) is 3.54. The number of ether oxygens (including phenoxy) is 1. The van der Waals surface area contributed by atoms with Crippen LogP contribution in [0.4, 0.5) is 0 Å². The molecule has 106 valence electrons. The predicted octanol–water partition coefficient (Wildman–Crippen LogP) is 2.90. The molecule has 2 rings (SSSR count). The Morgan fingerprint density at radius 3 is 2.89 bits per heavy atom. The van der Waals surface area contributed by atoms with Crippen molar-refractivity contribution in [2.45, 2.75) is 45.3 Å². The maximum absolute atomic E-state index is 10.4. The summed E-state index contributed by atoms with van der Waals surface area (Å²) < 4.78 is 5.65. The number of nitrogens with one attached hydrogen (secondary N) is 1. The monoisotopic (exact) mass is 263 g/mol. The molecule has 1 aliphatic rings. The number of rotatable bonds is 5. The quantitative estimate of drug-likeness (QED) is 0.858. The minimum atomic E-state index is -0.651. The van der Waals surface area contributed by atoms with E-state index < -0.39 is 5.60 Å². The van der Waals surface area contributed by atoms with Gasteiger partial charge in [0.25, 0.3) is 0 Å². The van der Waals surface area contributed by atoms with Gasteiger partial charge in [0.2, 0.25) is 0 Å². The highest BCUT2D eigenvalue weighted by molar-refractivity contribution is 5.37. The van der Waals surface area contributed by atoms with Crippen molar-refractivity contribution in [2.75, 3.05) is 13.2 Å². The second kappa shape index (κ2) is 5.93. The lowest BCUT2D eigenvalue weighted by molar-refractivity contribution is 0.0343. The lowest BCUT2D eigenvalue weighted by Crippen LogP contribution is -2.41. The first-order valence-electron chi connectivity index (χ1n) is 7.15. The number of hydrogen-bond donors (Lipinski definition) is 2. The van der Waals surface area contributed by atoms with E-state index in [0.717, 1.165) is 25.2 Å². The molecule has 19 heavy (non-hydrogen) atoms. The molecular formula is C16H25NO2. The fourth-order valence-corrected chi connectivity index (χ4v) is 2.85. The van der Waals surface area contributed by atoms with Crippen molar-refractivity contribution in [1.29, 1.82) is 0 Å². The van der Waals surface area contributed by atoms with Crippen molar-refractivity contribution >= 4 is 0 Å². The Morgan fingerprint density at radius 2 is 2.16 bits per heavy atom. The van der Waals surface area contributed by atoms with E-state index in [1.54, 1.807) is 0 Å². The van der Waals surface area contributed by atoms with Crippen molar-refractivity contribution in [3.8, 4) is 5.75 Å². The van der Waals surface area contributed by atoms with Crippen LogP contribution in [0.1, 0.15) is 45.2 Å². The van der Waals surface area contributed by atoms with Gasteiger partial charge in [-0.25, -0.2) is 0 Å². The highest BCUT2D eigenvalue weighted by Gasteiger charge is 2.26. The van der Waals surface area contributed by atoms with Gasteiger partial charge in [0.1, 0.15) is 5.75 Å². The highest BCUT2D eigenvalue weighted by Crippen LogP contribution is 2.31. The molecule has 2 N–H and O–H groups in total. The molecular weight excluding hydrogens is 238 g/mol. The van der Waals surface area contributed by atoms with Crippen LogP contribution in [-0.4, -0.2) is 23.9 Å². The number of fused-ring (bicyclic) bond motifs is 1. The van der Waals surface area contributed by atoms with Crippen LogP contribution in [0.3, 0.4) is 0 Å². The van der Waals surface area contributed by atoms with Gasteiger partial charge in [0.15, 0.2) is 0 Å². The first-order chi connectivity index (χ1) is 8.98. The van der Waals surface area contributed by atoms with E-state index in [1.165, 1.54) is 5.56 Å². The van der Waals surface area contributed by atoms with Gasteiger partial charge in [0.05, 0.1) is 12.2 Å². The Kier molecular flexibility index (Phi) is 4.48. The third-order valence-electron chi connectivity index (χ3n) is 3.54. The van der Waals surface area contributed by atoms with E-state index in [2.05, 4.69) is 25.2 Å². The third kappa shape index (κ3) is 3.95. The molecule has 1 aromatic carbocycles. The Bertz CT molecular complexity index is 415. The first-order valence-corrected chi connectivity index (χ1v) is 7.15. The molecule has 0 saturated heterocycles. The van der Waals surface area contributed by atoms with Crippen molar-refractivity contribution in [1.82, 2.24) is 5.32 Å². The summed E-state index contributed by atoms with van der Waals surface area (Å²) in [4.78, 5) is 0. The van der Waals surface area contributed by atoms with Crippen LogP contribution in [-0.2, 0) is 0 Å². The predicted molar refractivity (Wildman–Crippen MR) is 77.4 cm³/mol. The molecule has 2 unspecified atom stereocenters. The van der Waals surface area contributed by atoms with Crippen LogP contribution in [0.2, 0.25) is 0 Å². The van der Waals surface area contributed by atoms with E-state index >= 15 is 0 Å². The van der Waals surface area contributed by atoms with Crippen LogP contribution in [0.25, 0.3) is 0 Å². The van der Waals surface area contributed by atoms with Gasteiger partial charge in [-0.15, -0.1) is 0 Å². The first kappa shape index (κ1) is 14.4. The van der Waals surface area contributed by atoms with Crippen LogP contribution >= 0.6 is 0 Å². The van der Waals surface area contributed by atoms with Crippen LogP contribution < -0.4 is 10.1 Å². The normalized spacial score (nSPS) is 21.6. The van der Waals surface area contributed by atoms with Crippen LogP contribution in [0, 0.1) is 5.92 Å². The Balaban J connectivity index is 1.98. The molecule has 0 radical (unpaired) electrons. The molecule has 1 aromatic rings. The molecule has 1 aliphatic heterocycles. The van der Waals surface area contributed by atoms with Gasteiger partial charge in [-0.1, -0.05) is 32.0 Å². The van der Waals surface area contributed by atoms with Gasteiger partial charge in [-0.2, -0.15) is 0 Å². The summed E-state index contributed by atoms with van der Waals surface area (Å²) in [6.45, 7) is 7.53. The minimum absolute atomic E-state index is 0.281. The van der Waals surface area contributed by atoms with E-state index in [0.29, 0.717) is 12.5 Å². The fraction of sp³-hybridized carbons (Fsp3) is 0.625. The number of benzene rings is 1. The Morgan fingerprint density at radius 1 is 1.42 bits per heavy atom. The molecule has 2 atom stereocenters. The molecule has 0 spiro atoms. The summed E-state index contributed by atoms with van der Waals surface area (Å²) in [7, 11) is 0. The second-order valence-corrected chi connectivity index (χ2v) is 6.20. The molecule has 0 bridgehead atoms. The second-order valence-electron chi connectivity index (χ2n) is 6.20.